The molecule has 1 unspecified atom stereocenters. The Hall–Kier alpha value is -0.340. The van der Waals surface area contributed by atoms with Crippen molar-refractivity contribution >= 4 is 11.3 Å². The van der Waals surface area contributed by atoms with Crippen molar-refractivity contribution in [1.82, 2.24) is 5.32 Å². The molecule has 1 aromatic heterocycles. The molecule has 1 aliphatic carbocycles. The second-order valence-electron chi connectivity index (χ2n) is 4.93. The molecular formula is C12H17NS. The second-order valence-corrected chi connectivity index (χ2v) is 5.85. The molecule has 2 heterocycles. The Morgan fingerprint density at radius 1 is 1.57 bits per heavy atom. The lowest BCUT2D eigenvalue weighted by Gasteiger charge is -2.35. The molecule has 1 nitrogen and oxygen atoms in total. The van der Waals surface area contributed by atoms with Crippen LogP contribution in [0.5, 0.6) is 0 Å². The maximum atomic E-state index is 3.72. The first-order valence-electron chi connectivity index (χ1n) is 5.60. The van der Waals surface area contributed by atoms with E-state index in [-0.39, 0.29) is 0 Å². The Labute approximate surface area is 89.5 Å². The maximum Gasteiger partial charge on any atom is 0.0505 e. The summed E-state index contributed by atoms with van der Waals surface area (Å²) in [5.74, 6) is 1.00. The van der Waals surface area contributed by atoms with Crippen molar-refractivity contribution in [1.29, 1.82) is 0 Å². The predicted molar refractivity (Wildman–Crippen MR) is 60.7 cm³/mol. The van der Waals surface area contributed by atoms with E-state index in [1.165, 1.54) is 25.7 Å². The maximum absolute atomic E-state index is 3.72. The molecule has 2 aliphatic rings. The Kier molecular flexibility index (Phi) is 1.96. The number of hydrogen-bond acceptors (Lipinski definition) is 2. The number of rotatable bonds is 2. The molecule has 3 rings (SSSR count). The Bertz CT molecular complexity index is 340. The lowest BCUT2D eigenvalue weighted by atomic mass is 9.87. The van der Waals surface area contributed by atoms with E-state index in [4.69, 9.17) is 0 Å². The van der Waals surface area contributed by atoms with Gasteiger partial charge in [0.1, 0.15) is 0 Å². The van der Waals surface area contributed by atoms with Crippen LogP contribution in [0.25, 0.3) is 0 Å². The van der Waals surface area contributed by atoms with Crippen molar-refractivity contribution in [3.8, 4) is 0 Å². The lowest BCUT2D eigenvalue weighted by molar-refractivity contribution is 0.314. The molecule has 1 fully saturated rings. The second kappa shape index (κ2) is 3.07. The third-order valence-corrected chi connectivity index (χ3v) is 4.77. The summed E-state index contributed by atoms with van der Waals surface area (Å²) in [5, 5.41) is 5.97. The summed E-state index contributed by atoms with van der Waals surface area (Å²) in [4.78, 5) is 1.61. The van der Waals surface area contributed by atoms with E-state index in [0.29, 0.717) is 5.54 Å². The van der Waals surface area contributed by atoms with Gasteiger partial charge >= 0.3 is 0 Å². The summed E-state index contributed by atoms with van der Waals surface area (Å²) in [6.45, 7) is 3.55. The van der Waals surface area contributed by atoms with E-state index in [1.54, 1.807) is 10.4 Å². The zero-order valence-electron chi connectivity index (χ0n) is 8.68. The molecule has 0 saturated heterocycles. The van der Waals surface area contributed by atoms with Crippen molar-refractivity contribution in [3.05, 3.63) is 21.9 Å². The van der Waals surface area contributed by atoms with Crippen LogP contribution in [0.15, 0.2) is 11.4 Å². The van der Waals surface area contributed by atoms with E-state index < -0.39 is 0 Å². The van der Waals surface area contributed by atoms with Crippen molar-refractivity contribution < 1.29 is 0 Å². The van der Waals surface area contributed by atoms with E-state index in [9.17, 15) is 0 Å². The zero-order valence-corrected chi connectivity index (χ0v) is 9.49. The first-order valence-corrected chi connectivity index (χ1v) is 6.48. The largest absolute Gasteiger partial charge is 0.307 e. The van der Waals surface area contributed by atoms with Gasteiger partial charge in [-0.05, 0) is 42.7 Å². The molecule has 0 aromatic carbocycles. The summed E-state index contributed by atoms with van der Waals surface area (Å²) in [6.07, 6.45) is 5.48. The molecule has 76 valence electrons. The number of hydrogen-bond donors (Lipinski definition) is 1. The van der Waals surface area contributed by atoms with Crippen LogP contribution in [-0.2, 0) is 12.0 Å². The molecule has 0 bridgehead atoms. The van der Waals surface area contributed by atoms with Crippen molar-refractivity contribution in [2.24, 2.45) is 5.92 Å². The van der Waals surface area contributed by atoms with Gasteiger partial charge in [0.15, 0.2) is 0 Å². The fourth-order valence-electron chi connectivity index (χ4n) is 2.63. The SMILES string of the molecule is CC1(CC2CC2)NCCc2ccsc21. The van der Waals surface area contributed by atoms with Gasteiger partial charge < -0.3 is 5.32 Å². The van der Waals surface area contributed by atoms with Crippen LogP contribution in [0.3, 0.4) is 0 Å². The van der Waals surface area contributed by atoms with Gasteiger partial charge in [0, 0.05) is 11.4 Å². The average Bonchev–Trinajstić information content (AvgIpc) is 2.82. The topological polar surface area (TPSA) is 12.0 Å². The highest BCUT2D eigenvalue weighted by molar-refractivity contribution is 7.10. The van der Waals surface area contributed by atoms with Crippen molar-refractivity contribution in [2.45, 2.75) is 38.1 Å². The smallest absolute Gasteiger partial charge is 0.0505 e. The van der Waals surface area contributed by atoms with Crippen LogP contribution in [0, 0.1) is 5.92 Å². The minimum absolute atomic E-state index is 0.295. The van der Waals surface area contributed by atoms with Crippen molar-refractivity contribution in [3.63, 3.8) is 0 Å². The highest BCUT2D eigenvalue weighted by Gasteiger charge is 2.38. The standard InChI is InChI=1S/C12H17NS/c1-12(8-9-2-3-9)11-10(4-6-13-12)5-7-14-11/h5,7,9,13H,2-4,6,8H2,1H3. The molecular weight excluding hydrogens is 190 g/mol. The van der Waals surface area contributed by atoms with Crippen LogP contribution >= 0.6 is 11.3 Å². The molecule has 1 aromatic rings. The highest BCUT2D eigenvalue weighted by Crippen LogP contribution is 2.44. The molecule has 0 spiro atoms. The number of nitrogens with one attached hydrogen (secondary N) is 1. The molecule has 1 N–H and O–H groups in total. The minimum atomic E-state index is 0.295. The van der Waals surface area contributed by atoms with Crippen LogP contribution in [-0.4, -0.2) is 6.54 Å². The monoisotopic (exact) mass is 207 g/mol. The van der Waals surface area contributed by atoms with E-state index in [2.05, 4.69) is 23.7 Å². The quantitative estimate of drug-likeness (QED) is 0.786. The molecule has 1 saturated carbocycles. The van der Waals surface area contributed by atoms with E-state index in [0.717, 1.165) is 12.5 Å². The van der Waals surface area contributed by atoms with Gasteiger partial charge in [0.25, 0.3) is 0 Å². The summed E-state index contributed by atoms with van der Waals surface area (Å²) in [5.41, 5.74) is 1.89. The third-order valence-electron chi connectivity index (χ3n) is 3.55. The predicted octanol–water partition coefficient (Wildman–Crippen LogP) is 2.91. The molecule has 2 heteroatoms. The van der Waals surface area contributed by atoms with Gasteiger partial charge in [-0.25, -0.2) is 0 Å². The fourth-order valence-corrected chi connectivity index (χ4v) is 3.74. The summed E-state index contributed by atoms with van der Waals surface area (Å²) >= 11 is 1.94. The highest BCUT2D eigenvalue weighted by atomic mass is 32.1. The summed E-state index contributed by atoms with van der Waals surface area (Å²) in [7, 11) is 0. The van der Waals surface area contributed by atoms with Crippen LogP contribution in [0.4, 0.5) is 0 Å². The first-order chi connectivity index (χ1) is 6.78. The normalized spacial score (nSPS) is 31.5. The van der Waals surface area contributed by atoms with Gasteiger partial charge in [-0.3, -0.25) is 0 Å². The van der Waals surface area contributed by atoms with Gasteiger partial charge in [-0.15, -0.1) is 11.3 Å². The Morgan fingerprint density at radius 3 is 3.21 bits per heavy atom. The van der Waals surface area contributed by atoms with E-state index in [1.807, 2.05) is 11.3 Å². The third kappa shape index (κ3) is 1.41. The van der Waals surface area contributed by atoms with Gasteiger partial charge in [-0.2, -0.15) is 0 Å². The summed E-state index contributed by atoms with van der Waals surface area (Å²) < 4.78 is 0. The molecule has 0 radical (unpaired) electrons. The zero-order chi connectivity index (χ0) is 9.60. The first kappa shape index (κ1) is 8.93. The fraction of sp³-hybridized carbons (Fsp3) is 0.667. The van der Waals surface area contributed by atoms with Gasteiger partial charge in [-0.1, -0.05) is 12.8 Å². The van der Waals surface area contributed by atoms with Crippen LogP contribution in [0.1, 0.15) is 36.6 Å². The number of thiophene rings is 1. The van der Waals surface area contributed by atoms with E-state index >= 15 is 0 Å². The average molecular weight is 207 g/mol. The number of fused-ring (bicyclic) bond motifs is 1. The van der Waals surface area contributed by atoms with Gasteiger partial charge in [0.05, 0.1) is 5.54 Å². The van der Waals surface area contributed by atoms with Crippen LogP contribution < -0.4 is 5.32 Å². The van der Waals surface area contributed by atoms with Crippen molar-refractivity contribution in [2.75, 3.05) is 6.54 Å². The molecule has 14 heavy (non-hydrogen) atoms. The lowest BCUT2D eigenvalue weighted by Crippen LogP contribution is -2.44. The Balaban J connectivity index is 1.92. The van der Waals surface area contributed by atoms with Gasteiger partial charge in [0.2, 0.25) is 0 Å². The molecule has 1 atom stereocenters. The molecule has 1 aliphatic heterocycles. The summed E-state index contributed by atoms with van der Waals surface area (Å²) in [6, 6.07) is 2.31. The Morgan fingerprint density at radius 2 is 2.43 bits per heavy atom. The van der Waals surface area contributed by atoms with Crippen LogP contribution in [0.2, 0.25) is 0 Å². The minimum Gasteiger partial charge on any atom is -0.307 e. The molecule has 0 amide bonds.